The number of rotatable bonds is 5. The standard InChI is InChI=1S/C13H16F3NO3/c1-3-20-12(18)7-11(17)9-5-4-8(19-2)6-10(9)13(14,15)16/h4-6,11H,3,7,17H2,1-2H3/t11-/m1/s1. The fourth-order valence-electron chi connectivity index (χ4n) is 1.74. The lowest BCUT2D eigenvalue weighted by Crippen LogP contribution is -2.21. The van der Waals surface area contributed by atoms with Gasteiger partial charge in [-0.05, 0) is 24.6 Å². The van der Waals surface area contributed by atoms with Crippen molar-refractivity contribution in [2.45, 2.75) is 25.6 Å². The van der Waals surface area contributed by atoms with Crippen LogP contribution in [0.4, 0.5) is 13.2 Å². The van der Waals surface area contributed by atoms with Gasteiger partial charge in [0.25, 0.3) is 0 Å². The number of methoxy groups -OCH3 is 1. The smallest absolute Gasteiger partial charge is 0.416 e. The van der Waals surface area contributed by atoms with Crippen LogP contribution in [0.5, 0.6) is 5.75 Å². The maximum atomic E-state index is 13.0. The van der Waals surface area contributed by atoms with Crippen LogP contribution in [0, 0.1) is 0 Å². The van der Waals surface area contributed by atoms with Crippen LogP contribution in [0.2, 0.25) is 0 Å². The minimum absolute atomic E-state index is 0.0735. The first-order valence-electron chi connectivity index (χ1n) is 5.96. The van der Waals surface area contributed by atoms with Crippen molar-refractivity contribution in [2.75, 3.05) is 13.7 Å². The van der Waals surface area contributed by atoms with E-state index in [1.165, 1.54) is 19.2 Å². The summed E-state index contributed by atoms with van der Waals surface area (Å²) < 4.78 is 48.4. The average molecular weight is 291 g/mol. The number of benzene rings is 1. The van der Waals surface area contributed by atoms with E-state index in [-0.39, 0.29) is 24.3 Å². The van der Waals surface area contributed by atoms with Crippen molar-refractivity contribution in [3.8, 4) is 5.75 Å². The SMILES string of the molecule is CCOC(=O)C[C@@H](N)c1ccc(OC)cc1C(F)(F)F. The van der Waals surface area contributed by atoms with E-state index in [0.29, 0.717) is 0 Å². The molecule has 0 aliphatic carbocycles. The van der Waals surface area contributed by atoms with Crippen molar-refractivity contribution < 1.29 is 27.4 Å². The van der Waals surface area contributed by atoms with E-state index in [4.69, 9.17) is 10.5 Å². The van der Waals surface area contributed by atoms with Crippen LogP contribution < -0.4 is 10.5 Å². The van der Waals surface area contributed by atoms with Crippen molar-refractivity contribution in [2.24, 2.45) is 5.73 Å². The molecule has 0 heterocycles. The van der Waals surface area contributed by atoms with Gasteiger partial charge >= 0.3 is 12.1 Å². The number of carbonyl (C=O) groups excluding carboxylic acids is 1. The van der Waals surface area contributed by atoms with Gasteiger partial charge in [-0.2, -0.15) is 13.2 Å². The van der Waals surface area contributed by atoms with Gasteiger partial charge in [0.1, 0.15) is 5.75 Å². The largest absolute Gasteiger partial charge is 0.497 e. The van der Waals surface area contributed by atoms with Gasteiger partial charge in [-0.15, -0.1) is 0 Å². The Morgan fingerprint density at radius 1 is 1.40 bits per heavy atom. The molecule has 0 unspecified atom stereocenters. The molecule has 0 amide bonds. The Labute approximate surface area is 114 Å². The van der Waals surface area contributed by atoms with Crippen molar-refractivity contribution in [3.05, 3.63) is 29.3 Å². The Kier molecular flexibility index (Phi) is 5.38. The third kappa shape index (κ3) is 4.12. The Balaban J connectivity index is 3.07. The van der Waals surface area contributed by atoms with E-state index in [9.17, 15) is 18.0 Å². The number of nitrogens with two attached hydrogens (primary N) is 1. The summed E-state index contributed by atoms with van der Waals surface area (Å²) in [6, 6.07) is 2.36. The summed E-state index contributed by atoms with van der Waals surface area (Å²) in [6.07, 6.45) is -4.89. The molecule has 0 aliphatic rings. The molecule has 20 heavy (non-hydrogen) atoms. The van der Waals surface area contributed by atoms with Gasteiger partial charge in [0.05, 0.1) is 25.7 Å². The van der Waals surface area contributed by atoms with E-state index < -0.39 is 23.8 Å². The first-order chi connectivity index (χ1) is 9.29. The zero-order chi connectivity index (χ0) is 15.3. The molecule has 2 N–H and O–H groups in total. The van der Waals surface area contributed by atoms with Crippen LogP contribution in [-0.4, -0.2) is 19.7 Å². The van der Waals surface area contributed by atoms with Crippen LogP contribution >= 0.6 is 0 Å². The first-order valence-corrected chi connectivity index (χ1v) is 5.96. The number of alkyl halides is 3. The van der Waals surface area contributed by atoms with Gasteiger partial charge < -0.3 is 15.2 Å². The summed E-state index contributed by atoms with van der Waals surface area (Å²) in [5.41, 5.74) is 4.60. The summed E-state index contributed by atoms with van der Waals surface area (Å²) >= 11 is 0. The summed E-state index contributed by atoms with van der Waals surface area (Å²) in [6.45, 7) is 1.76. The fraction of sp³-hybridized carbons (Fsp3) is 0.462. The molecule has 0 spiro atoms. The minimum Gasteiger partial charge on any atom is -0.497 e. The number of halogens is 3. The predicted octanol–water partition coefficient (Wildman–Crippen LogP) is 2.67. The number of ether oxygens (including phenoxy) is 2. The maximum absolute atomic E-state index is 13.0. The molecule has 4 nitrogen and oxygen atoms in total. The third-order valence-corrected chi connectivity index (χ3v) is 2.66. The molecule has 0 fully saturated rings. The normalized spacial score (nSPS) is 12.9. The van der Waals surface area contributed by atoms with Gasteiger partial charge in [-0.25, -0.2) is 0 Å². The number of hydrogen-bond donors (Lipinski definition) is 1. The van der Waals surface area contributed by atoms with Crippen molar-refractivity contribution in [1.29, 1.82) is 0 Å². The molecule has 0 radical (unpaired) electrons. The monoisotopic (exact) mass is 291 g/mol. The molecule has 0 aromatic heterocycles. The second-order valence-electron chi connectivity index (χ2n) is 4.07. The molecule has 0 aliphatic heterocycles. The van der Waals surface area contributed by atoms with Crippen LogP contribution in [0.15, 0.2) is 18.2 Å². The first kappa shape index (κ1) is 16.3. The Bertz CT molecular complexity index is 474. The van der Waals surface area contributed by atoms with E-state index in [2.05, 4.69) is 4.74 Å². The lowest BCUT2D eigenvalue weighted by Gasteiger charge is -2.18. The summed E-state index contributed by atoms with van der Waals surface area (Å²) in [4.78, 5) is 11.3. The molecule has 1 aromatic carbocycles. The lowest BCUT2D eigenvalue weighted by molar-refractivity contribution is -0.144. The Hall–Kier alpha value is -1.76. The van der Waals surface area contributed by atoms with Gasteiger partial charge in [0, 0.05) is 6.04 Å². The summed E-state index contributed by atoms with van der Waals surface area (Å²) in [7, 11) is 1.27. The van der Waals surface area contributed by atoms with Gasteiger partial charge in [-0.3, -0.25) is 4.79 Å². The van der Waals surface area contributed by atoms with Crippen molar-refractivity contribution in [1.82, 2.24) is 0 Å². The molecule has 0 saturated heterocycles. The number of esters is 1. The van der Waals surface area contributed by atoms with Crippen molar-refractivity contribution >= 4 is 5.97 Å². The molecule has 1 atom stereocenters. The van der Waals surface area contributed by atoms with Crippen LogP contribution in [0.1, 0.15) is 30.5 Å². The van der Waals surface area contributed by atoms with E-state index in [1.54, 1.807) is 6.92 Å². The molecule has 7 heteroatoms. The van der Waals surface area contributed by atoms with Crippen LogP contribution in [0.3, 0.4) is 0 Å². The number of carbonyl (C=O) groups is 1. The van der Waals surface area contributed by atoms with Gasteiger partial charge in [0.15, 0.2) is 0 Å². The minimum atomic E-state index is -4.57. The molecular weight excluding hydrogens is 275 g/mol. The van der Waals surface area contributed by atoms with E-state index in [1.807, 2.05) is 0 Å². The second kappa shape index (κ2) is 6.60. The van der Waals surface area contributed by atoms with E-state index in [0.717, 1.165) is 6.07 Å². The zero-order valence-corrected chi connectivity index (χ0v) is 11.2. The van der Waals surface area contributed by atoms with Crippen LogP contribution in [-0.2, 0) is 15.7 Å². The molecule has 0 saturated carbocycles. The summed E-state index contributed by atoms with van der Waals surface area (Å²) in [5, 5.41) is 0. The van der Waals surface area contributed by atoms with Crippen LogP contribution in [0.25, 0.3) is 0 Å². The Morgan fingerprint density at radius 2 is 2.05 bits per heavy atom. The van der Waals surface area contributed by atoms with Crippen molar-refractivity contribution in [3.63, 3.8) is 0 Å². The predicted molar refractivity (Wildman–Crippen MR) is 66.2 cm³/mol. The zero-order valence-electron chi connectivity index (χ0n) is 11.2. The highest BCUT2D eigenvalue weighted by Gasteiger charge is 2.35. The Morgan fingerprint density at radius 3 is 2.55 bits per heavy atom. The van der Waals surface area contributed by atoms with Gasteiger partial charge in [0.2, 0.25) is 0 Å². The molecule has 0 bridgehead atoms. The summed E-state index contributed by atoms with van der Waals surface area (Å²) in [5.74, 6) is -0.562. The topological polar surface area (TPSA) is 61.5 Å². The molecule has 112 valence electrons. The van der Waals surface area contributed by atoms with E-state index >= 15 is 0 Å². The molecular formula is C13H16F3NO3. The number of hydrogen-bond acceptors (Lipinski definition) is 4. The highest BCUT2D eigenvalue weighted by Crippen LogP contribution is 2.37. The third-order valence-electron chi connectivity index (χ3n) is 2.66. The maximum Gasteiger partial charge on any atom is 0.416 e. The highest BCUT2D eigenvalue weighted by molar-refractivity contribution is 5.70. The molecule has 1 aromatic rings. The highest BCUT2D eigenvalue weighted by atomic mass is 19.4. The average Bonchev–Trinajstić information content (AvgIpc) is 2.37. The van der Waals surface area contributed by atoms with Gasteiger partial charge in [-0.1, -0.05) is 6.07 Å². The fourth-order valence-corrected chi connectivity index (χ4v) is 1.74. The quantitative estimate of drug-likeness (QED) is 0.847. The lowest BCUT2D eigenvalue weighted by atomic mass is 9.98. The second-order valence-corrected chi connectivity index (χ2v) is 4.07. The molecule has 1 rings (SSSR count).